The van der Waals surface area contributed by atoms with Gasteiger partial charge in [-0.3, -0.25) is 9.69 Å². The van der Waals surface area contributed by atoms with Crippen molar-refractivity contribution in [3.63, 3.8) is 0 Å². The number of carboxylic acids is 2. The Balaban J connectivity index is 0.000000487. The first kappa shape index (κ1) is 21.5. The summed E-state index contributed by atoms with van der Waals surface area (Å²) >= 11 is 0. The predicted octanol–water partition coefficient (Wildman–Crippen LogP) is 0.235. The highest BCUT2D eigenvalue weighted by Gasteiger charge is 2.17. The monoisotopic (exact) mass is 369 g/mol. The van der Waals surface area contributed by atoms with Gasteiger partial charge in [0, 0.05) is 32.7 Å². The van der Waals surface area contributed by atoms with E-state index in [0.29, 0.717) is 13.1 Å². The first-order valence-corrected chi connectivity index (χ1v) is 8.24. The van der Waals surface area contributed by atoms with Gasteiger partial charge in [-0.05, 0) is 24.2 Å². The fraction of sp³-hybridized carbons (Fsp3) is 0.471. The summed E-state index contributed by atoms with van der Waals surface area (Å²) in [6.45, 7) is 8.07. The van der Waals surface area contributed by atoms with Crippen LogP contribution in [0.4, 0.5) is 4.39 Å². The number of amides is 1. The molecule has 0 atom stereocenters. The zero-order chi connectivity index (χ0) is 19.5. The minimum atomic E-state index is -1.82. The van der Waals surface area contributed by atoms with Crippen LogP contribution in [0.15, 0.2) is 24.3 Å². The molecule has 8 nitrogen and oxygen atoms in total. The van der Waals surface area contributed by atoms with Crippen molar-refractivity contribution in [3.8, 4) is 0 Å². The van der Waals surface area contributed by atoms with Gasteiger partial charge in [0.15, 0.2) is 0 Å². The zero-order valence-electron chi connectivity index (χ0n) is 14.7. The van der Waals surface area contributed by atoms with E-state index < -0.39 is 11.9 Å². The van der Waals surface area contributed by atoms with Crippen molar-refractivity contribution in [3.05, 3.63) is 35.6 Å². The molecule has 1 aliphatic rings. The molecule has 144 valence electrons. The largest absolute Gasteiger partial charge is 0.473 e. The van der Waals surface area contributed by atoms with E-state index in [1.807, 2.05) is 0 Å². The second-order valence-electron chi connectivity index (χ2n) is 5.72. The Labute approximate surface area is 151 Å². The van der Waals surface area contributed by atoms with Gasteiger partial charge < -0.3 is 20.4 Å². The maximum Gasteiger partial charge on any atom is 0.414 e. The Morgan fingerprint density at radius 2 is 1.50 bits per heavy atom. The summed E-state index contributed by atoms with van der Waals surface area (Å²) in [5, 5.41) is 17.7. The number of hydrogen-bond donors (Lipinski definition) is 3. The molecule has 1 amide bonds. The summed E-state index contributed by atoms with van der Waals surface area (Å²) in [6, 6.07) is 6.20. The summed E-state index contributed by atoms with van der Waals surface area (Å²) in [5.74, 6) is -3.88. The van der Waals surface area contributed by atoms with E-state index in [1.54, 1.807) is 12.1 Å². The van der Waals surface area contributed by atoms with Gasteiger partial charge in [-0.25, -0.2) is 14.0 Å². The number of carbonyl (C=O) groups is 3. The fourth-order valence-corrected chi connectivity index (χ4v) is 2.33. The van der Waals surface area contributed by atoms with Gasteiger partial charge >= 0.3 is 11.9 Å². The van der Waals surface area contributed by atoms with Crippen LogP contribution >= 0.6 is 0 Å². The highest BCUT2D eigenvalue weighted by molar-refractivity contribution is 6.27. The van der Waals surface area contributed by atoms with Crippen LogP contribution in [0.3, 0.4) is 0 Å². The van der Waals surface area contributed by atoms with Gasteiger partial charge in [0.1, 0.15) is 5.82 Å². The van der Waals surface area contributed by atoms with Crippen molar-refractivity contribution >= 4 is 17.8 Å². The van der Waals surface area contributed by atoms with E-state index in [4.69, 9.17) is 19.8 Å². The molecular weight excluding hydrogens is 345 g/mol. The summed E-state index contributed by atoms with van der Waals surface area (Å²) in [5.41, 5.74) is 0.913. The predicted molar refractivity (Wildman–Crippen MR) is 92.1 cm³/mol. The maximum atomic E-state index is 12.8. The lowest BCUT2D eigenvalue weighted by molar-refractivity contribution is -0.159. The number of likely N-dealkylation sites (N-methyl/N-ethyl adjacent to an activating group) is 1. The third-order valence-electron chi connectivity index (χ3n) is 3.87. The van der Waals surface area contributed by atoms with Crippen LogP contribution < -0.4 is 5.32 Å². The van der Waals surface area contributed by atoms with Crippen LogP contribution in [0.25, 0.3) is 0 Å². The number of carboxylic acid groups (broad SMARTS) is 2. The van der Waals surface area contributed by atoms with Crippen LogP contribution in [0, 0.1) is 5.82 Å². The Morgan fingerprint density at radius 3 is 1.96 bits per heavy atom. The van der Waals surface area contributed by atoms with E-state index in [-0.39, 0.29) is 11.7 Å². The molecule has 0 unspecified atom stereocenters. The van der Waals surface area contributed by atoms with Crippen molar-refractivity contribution in [2.45, 2.75) is 13.5 Å². The summed E-state index contributed by atoms with van der Waals surface area (Å²) in [4.78, 5) is 34.6. The first-order chi connectivity index (χ1) is 12.3. The molecule has 0 bridgehead atoms. The van der Waals surface area contributed by atoms with Gasteiger partial charge in [0.05, 0.1) is 6.54 Å². The molecule has 1 aromatic carbocycles. The minimum absolute atomic E-state index is 0.0271. The zero-order valence-corrected chi connectivity index (χ0v) is 14.7. The topological polar surface area (TPSA) is 110 Å². The number of nitrogens with zero attached hydrogens (tertiary/aromatic N) is 2. The molecule has 9 heteroatoms. The number of aliphatic carboxylic acids is 2. The molecule has 1 heterocycles. The van der Waals surface area contributed by atoms with E-state index in [1.165, 1.54) is 12.1 Å². The van der Waals surface area contributed by atoms with Gasteiger partial charge in [0.25, 0.3) is 0 Å². The summed E-state index contributed by atoms with van der Waals surface area (Å²) in [6.07, 6.45) is 0. The van der Waals surface area contributed by atoms with Gasteiger partial charge in [-0.1, -0.05) is 19.1 Å². The molecule has 1 aromatic rings. The van der Waals surface area contributed by atoms with Gasteiger partial charge in [-0.2, -0.15) is 0 Å². The molecule has 1 aliphatic heterocycles. The van der Waals surface area contributed by atoms with Crippen LogP contribution in [-0.4, -0.2) is 77.1 Å². The molecule has 2 rings (SSSR count). The average molecular weight is 369 g/mol. The van der Waals surface area contributed by atoms with E-state index in [2.05, 4.69) is 22.0 Å². The number of halogens is 1. The van der Waals surface area contributed by atoms with Crippen molar-refractivity contribution in [2.75, 3.05) is 39.3 Å². The number of piperazine rings is 1. The minimum Gasteiger partial charge on any atom is -0.473 e. The Morgan fingerprint density at radius 1 is 1.00 bits per heavy atom. The molecule has 0 radical (unpaired) electrons. The number of hydrogen-bond acceptors (Lipinski definition) is 5. The molecule has 0 spiro atoms. The highest BCUT2D eigenvalue weighted by atomic mass is 19.1. The third-order valence-corrected chi connectivity index (χ3v) is 3.87. The summed E-state index contributed by atoms with van der Waals surface area (Å²) < 4.78 is 12.8. The standard InChI is InChI=1S/C15H22FN3O.C2H2O4/c1-2-18-7-9-19(10-8-18)12-15(20)17-11-13-3-5-14(16)6-4-13;3-1(4)2(5)6/h3-6H,2,7-12H2,1H3,(H,17,20);(H,3,4)(H,5,6). The van der Waals surface area contributed by atoms with E-state index in [9.17, 15) is 9.18 Å². The summed E-state index contributed by atoms with van der Waals surface area (Å²) in [7, 11) is 0. The number of carbonyl (C=O) groups excluding carboxylic acids is 1. The number of nitrogens with one attached hydrogen (secondary N) is 1. The molecule has 1 saturated heterocycles. The lowest BCUT2D eigenvalue weighted by Gasteiger charge is -2.33. The van der Waals surface area contributed by atoms with Crippen molar-refractivity contribution in [1.29, 1.82) is 0 Å². The smallest absolute Gasteiger partial charge is 0.414 e. The fourth-order valence-electron chi connectivity index (χ4n) is 2.33. The molecule has 1 fully saturated rings. The molecule has 3 N–H and O–H groups in total. The SMILES string of the molecule is CCN1CCN(CC(=O)NCc2ccc(F)cc2)CC1.O=C(O)C(=O)O. The lowest BCUT2D eigenvalue weighted by atomic mass is 10.2. The number of rotatable bonds is 5. The van der Waals surface area contributed by atoms with Crippen molar-refractivity contribution in [1.82, 2.24) is 15.1 Å². The van der Waals surface area contributed by atoms with Crippen LogP contribution in [0.2, 0.25) is 0 Å². The second kappa shape index (κ2) is 11.2. The van der Waals surface area contributed by atoms with E-state index >= 15 is 0 Å². The van der Waals surface area contributed by atoms with Crippen LogP contribution in [-0.2, 0) is 20.9 Å². The Bertz CT molecular complexity index is 589. The normalized spacial score (nSPS) is 14.8. The highest BCUT2D eigenvalue weighted by Crippen LogP contribution is 2.03. The third kappa shape index (κ3) is 8.54. The second-order valence-corrected chi connectivity index (χ2v) is 5.72. The van der Waals surface area contributed by atoms with Crippen LogP contribution in [0.1, 0.15) is 12.5 Å². The Hall–Kier alpha value is -2.52. The quantitative estimate of drug-likeness (QED) is 0.638. The van der Waals surface area contributed by atoms with Crippen LogP contribution in [0.5, 0.6) is 0 Å². The average Bonchev–Trinajstić information content (AvgIpc) is 2.62. The van der Waals surface area contributed by atoms with Crippen molar-refractivity contribution in [2.24, 2.45) is 0 Å². The molecule has 26 heavy (non-hydrogen) atoms. The molecule has 0 aromatic heterocycles. The Kier molecular flexibility index (Phi) is 9.24. The van der Waals surface area contributed by atoms with Crippen molar-refractivity contribution < 1.29 is 29.0 Å². The molecule has 0 aliphatic carbocycles. The maximum absolute atomic E-state index is 12.8. The van der Waals surface area contributed by atoms with Gasteiger partial charge in [0.2, 0.25) is 5.91 Å². The molecular formula is C17H24FN3O5. The molecule has 0 saturated carbocycles. The lowest BCUT2D eigenvalue weighted by Crippen LogP contribution is -2.49. The first-order valence-electron chi connectivity index (χ1n) is 8.24. The number of benzene rings is 1. The van der Waals surface area contributed by atoms with Gasteiger partial charge in [-0.15, -0.1) is 0 Å². The van der Waals surface area contributed by atoms with E-state index in [0.717, 1.165) is 38.3 Å².